The molecule has 1 N–H and O–H groups in total. The Morgan fingerprint density at radius 3 is 2.47 bits per heavy atom. The highest BCUT2D eigenvalue weighted by Gasteiger charge is 2.23. The highest BCUT2D eigenvalue weighted by Crippen LogP contribution is 2.14. The van der Waals surface area contributed by atoms with E-state index in [1.807, 2.05) is 20.9 Å². The van der Waals surface area contributed by atoms with Gasteiger partial charge in [-0.15, -0.1) is 0 Å². The van der Waals surface area contributed by atoms with Crippen LogP contribution < -0.4 is 0 Å². The van der Waals surface area contributed by atoms with Crippen LogP contribution in [0.15, 0.2) is 0 Å². The molecular weight excluding hydrogens is 194 g/mol. The molecule has 1 saturated heterocycles. The zero-order valence-corrected chi connectivity index (χ0v) is 10.0. The van der Waals surface area contributed by atoms with Crippen molar-refractivity contribution in [3.05, 3.63) is 0 Å². The highest BCUT2D eigenvalue weighted by molar-refractivity contribution is 4.78. The third kappa shape index (κ3) is 4.07. The third-order valence-corrected chi connectivity index (χ3v) is 3.02. The fourth-order valence-corrected chi connectivity index (χ4v) is 1.43. The van der Waals surface area contributed by atoms with Crippen LogP contribution in [0.3, 0.4) is 0 Å². The average molecular weight is 217 g/mol. The van der Waals surface area contributed by atoms with Gasteiger partial charge in [-0.2, -0.15) is 0 Å². The molecule has 1 rings (SSSR count). The standard InChI is InChI=1S/C11H23NO3/c1-11(2,9-13)12(3)6-5-10-14-7-4-8-15-10/h10,13H,4-9H2,1-3H3. The number of hydrogen-bond acceptors (Lipinski definition) is 4. The van der Waals surface area contributed by atoms with Crippen molar-refractivity contribution < 1.29 is 14.6 Å². The molecule has 1 aliphatic rings. The Balaban J connectivity index is 2.23. The molecule has 0 bridgehead atoms. The van der Waals surface area contributed by atoms with E-state index in [2.05, 4.69) is 4.90 Å². The first-order chi connectivity index (χ1) is 7.06. The first-order valence-corrected chi connectivity index (χ1v) is 5.61. The van der Waals surface area contributed by atoms with Crippen LogP contribution in [0, 0.1) is 0 Å². The van der Waals surface area contributed by atoms with E-state index in [1.165, 1.54) is 0 Å². The van der Waals surface area contributed by atoms with E-state index in [0.717, 1.165) is 32.6 Å². The van der Waals surface area contributed by atoms with Gasteiger partial charge < -0.3 is 14.6 Å². The molecule has 0 amide bonds. The lowest BCUT2D eigenvalue weighted by Crippen LogP contribution is -2.45. The lowest BCUT2D eigenvalue weighted by atomic mass is 10.1. The Hall–Kier alpha value is -0.160. The number of aliphatic hydroxyl groups excluding tert-OH is 1. The van der Waals surface area contributed by atoms with Gasteiger partial charge in [0.1, 0.15) is 0 Å². The minimum Gasteiger partial charge on any atom is -0.394 e. The molecule has 4 heteroatoms. The molecular formula is C11H23NO3. The maximum atomic E-state index is 9.20. The predicted molar refractivity (Wildman–Crippen MR) is 58.7 cm³/mol. The van der Waals surface area contributed by atoms with Crippen LogP contribution >= 0.6 is 0 Å². The second-order valence-corrected chi connectivity index (χ2v) is 4.71. The topological polar surface area (TPSA) is 41.9 Å². The largest absolute Gasteiger partial charge is 0.394 e. The van der Waals surface area contributed by atoms with Crippen molar-refractivity contribution in [2.24, 2.45) is 0 Å². The van der Waals surface area contributed by atoms with Crippen LogP contribution in [-0.2, 0) is 9.47 Å². The first-order valence-electron chi connectivity index (χ1n) is 5.61. The molecule has 0 radical (unpaired) electrons. The molecule has 0 aromatic carbocycles. The van der Waals surface area contributed by atoms with E-state index < -0.39 is 0 Å². The van der Waals surface area contributed by atoms with Crippen molar-refractivity contribution in [2.75, 3.05) is 33.4 Å². The molecule has 0 aromatic heterocycles. The lowest BCUT2D eigenvalue weighted by molar-refractivity contribution is -0.183. The van der Waals surface area contributed by atoms with E-state index in [-0.39, 0.29) is 18.4 Å². The maximum Gasteiger partial charge on any atom is 0.158 e. The van der Waals surface area contributed by atoms with E-state index in [9.17, 15) is 5.11 Å². The fourth-order valence-electron chi connectivity index (χ4n) is 1.43. The molecule has 0 saturated carbocycles. The number of aliphatic hydroxyl groups is 1. The van der Waals surface area contributed by atoms with Gasteiger partial charge in [0.2, 0.25) is 0 Å². The predicted octanol–water partition coefficient (Wildman–Crippen LogP) is 0.842. The number of nitrogens with zero attached hydrogens (tertiary/aromatic N) is 1. The van der Waals surface area contributed by atoms with Gasteiger partial charge in [0.05, 0.1) is 19.8 Å². The molecule has 1 heterocycles. The summed E-state index contributed by atoms with van der Waals surface area (Å²) in [6.07, 6.45) is 1.80. The summed E-state index contributed by atoms with van der Waals surface area (Å²) in [4.78, 5) is 2.13. The van der Waals surface area contributed by atoms with Gasteiger partial charge in [-0.1, -0.05) is 0 Å². The minimum absolute atomic E-state index is 0.0595. The quantitative estimate of drug-likeness (QED) is 0.741. The van der Waals surface area contributed by atoms with Crippen molar-refractivity contribution >= 4 is 0 Å². The molecule has 1 aliphatic heterocycles. The Bertz CT molecular complexity index is 179. The van der Waals surface area contributed by atoms with Gasteiger partial charge >= 0.3 is 0 Å². The molecule has 1 fully saturated rings. The van der Waals surface area contributed by atoms with Crippen molar-refractivity contribution in [2.45, 2.75) is 38.5 Å². The Morgan fingerprint density at radius 2 is 1.93 bits per heavy atom. The summed E-state index contributed by atoms with van der Waals surface area (Å²) in [5.74, 6) is 0. The summed E-state index contributed by atoms with van der Waals surface area (Å²) in [7, 11) is 2.01. The number of likely N-dealkylation sites (N-methyl/N-ethyl adjacent to an activating group) is 1. The summed E-state index contributed by atoms with van der Waals surface area (Å²) in [5.41, 5.74) is -0.172. The Labute approximate surface area is 92.2 Å². The number of rotatable bonds is 5. The summed E-state index contributed by atoms with van der Waals surface area (Å²) in [5, 5.41) is 9.20. The molecule has 0 aromatic rings. The fraction of sp³-hybridized carbons (Fsp3) is 1.00. The maximum absolute atomic E-state index is 9.20. The average Bonchev–Trinajstić information content (AvgIpc) is 2.27. The smallest absolute Gasteiger partial charge is 0.158 e. The summed E-state index contributed by atoms with van der Waals surface area (Å²) >= 11 is 0. The van der Waals surface area contributed by atoms with Crippen molar-refractivity contribution in [1.82, 2.24) is 4.90 Å². The van der Waals surface area contributed by atoms with E-state index in [0.29, 0.717) is 0 Å². The van der Waals surface area contributed by atoms with Crippen molar-refractivity contribution in [3.63, 3.8) is 0 Å². The van der Waals surface area contributed by atoms with Crippen LogP contribution in [0.25, 0.3) is 0 Å². The molecule has 0 unspecified atom stereocenters. The van der Waals surface area contributed by atoms with E-state index >= 15 is 0 Å². The zero-order chi connectivity index (χ0) is 11.3. The van der Waals surface area contributed by atoms with Gasteiger partial charge in [-0.25, -0.2) is 0 Å². The molecule has 4 nitrogen and oxygen atoms in total. The van der Waals surface area contributed by atoms with Crippen LogP contribution in [0.2, 0.25) is 0 Å². The lowest BCUT2D eigenvalue weighted by Gasteiger charge is -2.35. The SMILES string of the molecule is CN(CCC1OCCCO1)C(C)(C)CO. The highest BCUT2D eigenvalue weighted by atomic mass is 16.7. The summed E-state index contributed by atoms with van der Waals surface area (Å²) < 4.78 is 10.9. The molecule has 0 atom stereocenters. The van der Waals surface area contributed by atoms with Gasteiger partial charge in [-0.3, -0.25) is 4.90 Å². The van der Waals surface area contributed by atoms with Crippen molar-refractivity contribution in [1.29, 1.82) is 0 Å². The Kier molecular flexibility index (Phi) is 4.99. The second kappa shape index (κ2) is 5.80. The number of hydrogen-bond donors (Lipinski definition) is 1. The first kappa shape index (κ1) is 12.9. The monoisotopic (exact) mass is 217 g/mol. The van der Waals surface area contributed by atoms with Crippen LogP contribution in [0.4, 0.5) is 0 Å². The number of ether oxygens (including phenoxy) is 2. The normalized spacial score (nSPS) is 19.8. The minimum atomic E-state index is -0.172. The zero-order valence-electron chi connectivity index (χ0n) is 10.0. The molecule has 90 valence electrons. The Morgan fingerprint density at radius 1 is 1.33 bits per heavy atom. The van der Waals surface area contributed by atoms with Gasteiger partial charge in [0.25, 0.3) is 0 Å². The van der Waals surface area contributed by atoms with Crippen LogP contribution in [0.1, 0.15) is 26.7 Å². The molecule has 0 aliphatic carbocycles. The van der Waals surface area contributed by atoms with Crippen LogP contribution in [0.5, 0.6) is 0 Å². The summed E-state index contributed by atoms with van der Waals surface area (Å²) in [6.45, 7) is 6.69. The van der Waals surface area contributed by atoms with Gasteiger partial charge in [0, 0.05) is 18.5 Å². The second-order valence-electron chi connectivity index (χ2n) is 4.71. The summed E-state index contributed by atoms with van der Waals surface area (Å²) in [6, 6.07) is 0. The van der Waals surface area contributed by atoms with E-state index in [1.54, 1.807) is 0 Å². The van der Waals surface area contributed by atoms with E-state index in [4.69, 9.17) is 9.47 Å². The van der Waals surface area contributed by atoms with Crippen molar-refractivity contribution in [3.8, 4) is 0 Å². The molecule has 15 heavy (non-hydrogen) atoms. The molecule has 0 spiro atoms. The van der Waals surface area contributed by atoms with Gasteiger partial charge in [-0.05, 0) is 27.3 Å². The van der Waals surface area contributed by atoms with Crippen LogP contribution in [-0.4, -0.2) is 55.2 Å². The van der Waals surface area contributed by atoms with Gasteiger partial charge in [0.15, 0.2) is 6.29 Å². The third-order valence-electron chi connectivity index (χ3n) is 3.02.